The maximum atomic E-state index is 12.4. The zero-order valence-corrected chi connectivity index (χ0v) is 14.9. The number of nitrogens with zero attached hydrogens (tertiary/aromatic N) is 4. The molecule has 3 rings (SSSR count). The number of aromatic nitrogens is 4. The van der Waals surface area contributed by atoms with Crippen LogP contribution in [0, 0.1) is 0 Å². The second-order valence-corrected chi connectivity index (χ2v) is 6.77. The van der Waals surface area contributed by atoms with E-state index in [1.807, 2.05) is 0 Å². The van der Waals surface area contributed by atoms with Crippen LogP contribution in [0.1, 0.15) is 12.8 Å². The molecule has 2 atom stereocenters. The van der Waals surface area contributed by atoms with Gasteiger partial charge in [-0.15, -0.1) is 0 Å². The zero-order valence-electron chi connectivity index (χ0n) is 14.9. The van der Waals surface area contributed by atoms with Crippen molar-refractivity contribution < 1.29 is 30.0 Å². The topological polar surface area (TPSA) is 169 Å². The van der Waals surface area contributed by atoms with E-state index < -0.39 is 54.0 Å². The van der Waals surface area contributed by atoms with E-state index in [-0.39, 0.29) is 17.2 Å². The maximum absolute atomic E-state index is 12.4. The Labute approximate surface area is 151 Å². The molecule has 2 aromatic rings. The van der Waals surface area contributed by atoms with Crippen molar-refractivity contribution in [2.75, 3.05) is 0 Å². The highest BCUT2D eigenvalue weighted by Gasteiger charge is 2.52. The lowest BCUT2D eigenvalue weighted by Crippen LogP contribution is -2.59. The summed E-state index contributed by atoms with van der Waals surface area (Å²) in [5, 5.41) is 39.1. The molecule has 0 spiro atoms. The minimum Gasteiger partial charge on any atom is -0.478 e. The highest BCUT2D eigenvalue weighted by molar-refractivity contribution is 5.79. The van der Waals surface area contributed by atoms with Gasteiger partial charge in [0.05, 0.1) is 12.2 Å². The molecule has 0 unspecified atom stereocenters. The number of hydrogen-bond donors (Lipinski definition) is 4. The summed E-state index contributed by atoms with van der Waals surface area (Å²) in [6.07, 6.45) is -5.57. The van der Waals surface area contributed by atoms with Gasteiger partial charge in [0.1, 0.15) is 6.10 Å². The van der Waals surface area contributed by atoms with Crippen LogP contribution in [-0.4, -0.2) is 69.0 Å². The van der Waals surface area contributed by atoms with Crippen LogP contribution in [0.4, 0.5) is 0 Å². The fourth-order valence-electron chi connectivity index (χ4n) is 3.32. The maximum Gasteiger partial charge on any atom is 0.348 e. The number of aliphatic hydroxyl groups excluding tert-OH is 3. The smallest absolute Gasteiger partial charge is 0.348 e. The molecule has 0 aliphatic heterocycles. The summed E-state index contributed by atoms with van der Waals surface area (Å²) in [6, 6.07) is -0.276. The van der Waals surface area contributed by atoms with Crippen LogP contribution in [0.2, 0.25) is 0 Å². The van der Waals surface area contributed by atoms with Gasteiger partial charge < -0.3 is 25.2 Å². The molecule has 1 aliphatic carbocycles. The Morgan fingerprint density at radius 3 is 2.15 bits per heavy atom. The number of rotatable bonds is 3. The molecule has 0 saturated heterocycles. The molecule has 4 N–H and O–H groups in total. The van der Waals surface area contributed by atoms with Crippen molar-refractivity contribution in [3.05, 3.63) is 20.8 Å². The lowest BCUT2D eigenvalue weighted by molar-refractivity contribution is -0.182. The van der Waals surface area contributed by atoms with E-state index in [9.17, 15) is 34.8 Å². The molecular weight excluding hydrogens is 364 g/mol. The fraction of sp³-hybridized carbons (Fsp3) is 0.600. The first-order valence-corrected chi connectivity index (χ1v) is 8.09. The molecule has 1 fully saturated rings. The van der Waals surface area contributed by atoms with Crippen molar-refractivity contribution in [1.29, 1.82) is 0 Å². The summed E-state index contributed by atoms with van der Waals surface area (Å²) < 4.78 is 8.75. The number of carboxylic acid groups (broad SMARTS) is 1. The molecule has 0 bridgehead atoms. The Kier molecular flexibility index (Phi) is 4.37. The molecule has 148 valence electrons. The third-order valence-corrected chi connectivity index (χ3v) is 4.98. The first-order valence-electron chi connectivity index (χ1n) is 8.09. The normalized spacial score (nSPS) is 28.4. The molecule has 0 radical (unpaired) electrons. The van der Waals surface area contributed by atoms with E-state index in [4.69, 9.17) is 4.74 Å². The van der Waals surface area contributed by atoms with Crippen LogP contribution in [0.25, 0.3) is 11.2 Å². The number of carbonyl (C=O) groups is 1. The van der Waals surface area contributed by atoms with Gasteiger partial charge in [0.25, 0.3) is 11.6 Å². The summed E-state index contributed by atoms with van der Waals surface area (Å²) in [4.78, 5) is 40.4. The van der Waals surface area contributed by atoms with Crippen LogP contribution >= 0.6 is 0 Å². The minimum atomic E-state index is -2.07. The van der Waals surface area contributed by atoms with Crippen LogP contribution in [0.3, 0.4) is 0 Å². The summed E-state index contributed by atoms with van der Waals surface area (Å²) >= 11 is 0. The Morgan fingerprint density at radius 2 is 1.63 bits per heavy atom. The lowest BCUT2D eigenvalue weighted by Gasteiger charge is -2.40. The standard InChI is InChI=1S/C15H20N4O8/c1-17-8-10(18(2)14(26)19(3)11(8)23)16-13(17)27-15(12(24)25)4-6(20)9(22)7(21)5-15/h6-7,9,20-22H,4-5H2,1-3H3,(H,24,25)/t6-,7-,9?,15?/m1/s1. The van der Waals surface area contributed by atoms with Gasteiger partial charge >= 0.3 is 11.7 Å². The number of aliphatic hydroxyl groups is 3. The molecule has 1 saturated carbocycles. The largest absolute Gasteiger partial charge is 0.478 e. The van der Waals surface area contributed by atoms with E-state index >= 15 is 0 Å². The van der Waals surface area contributed by atoms with Gasteiger partial charge in [-0.3, -0.25) is 18.5 Å². The monoisotopic (exact) mass is 384 g/mol. The quantitative estimate of drug-likeness (QED) is 0.432. The van der Waals surface area contributed by atoms with Crippen molar-refractivity contribution in [2.45, 2.75) is 36.8 Å². The van der Waals surface area contributed by atoms with Crippen molar-refractivity contribution in [2.24, 2.45) is 21.1 Å². The van der Waals surface area contributed by atoms with Gasteiger partial charge in [-0.25, -0.2) is 9.59 Å². The van der Waals surface area contributed by atoms with Gasteiger partial charge in [-0.2, -0.15) is 4.98 Å². The second kappa shape index (κ2) is 6.18. The van der Waals surface area contributed by atoms with Gasteiger partial charge in [0.2, 0.25) is 5.60 Å². The number of imidazole rings is 1. The first kappa shape index (κ1) is 19.1. The predicted octanol–water partition coefficient (Wildman–Crippen LogP) is -2.95. The molecule has 2 aromatic heterocycles. The van der Waals surface area contributed by atoms with Crippen molar-refractivity contribution in [3.63, 3.8) is 0 Å². The molecule has 1 aliphatic rings. The van der Waals surface area contributed by atoms with Crippen molar-refractivity contribution >= 4 is 17.1 Å². The number of aliphatic carboxylic acids is 1. The number of hydrogen-bond acceptors (Lipinski definition) is 8. The van der Waals surface area contributed by atoms with Crippen LogP contribution in [0.15, 0.2) is 9.59 Å². The number of carboxylic acids is 1. The fourth-order valence-corrected chi connectivity index (χ4v) is 3.32. The average molecular weight is 384 g/mol. The molecule has 12 nitrogen and oxygen atoms in total. The number of aryl methyl sites for hydroxylation is 2. The highest BCUT2D eigenvalue weighted by Crippen LogP contribution is 2.34. The van der Waals surface area contributed by atoms with Gasteiger partial charge in [-0.05, 0) is 0 Å². The Morgan fingerprint density at radius 1 is 1.07 bits per heavy atom. The third-order valence-electron chi connectivity index (χ3n) is 4.98. The molecule has 0 amide bonds. The Bertz CT molecular complexity index is 1020. The summed E-state index contributed by atoms with van der Waals surface area (Å²) in [6.45, 7) is 0. The van der Waals surface area contributed by atoms with Gasteiger partial charge in [0.15, 0.2) is 11.2 Å². The molecule has 12 heteroatoms. The summed E-state index contributed by atoms with van der Waals surface area (Å²) in [5.41, 5.74) is -3.31. The van der Waals surface area contributed by atoms with Crippen LogP contribution < -0.4 is 16.0 Å². The van der Waals surface area contributed by atoms with E-state index in [1.54, 1.807) is 0 Å². The van der Waals surface area contributed by atoms with Crippen molar-refractivity contribution in [3.8, 4) is 6.01 Å². The van der Waals surface area contributed by atoms with E-state index in [1.165, 1.54) is 25.7 Å². The van der Waals surface area contributed by atoms with Gasteiger partial charge in [-0.1, -0.05) is 0 Å². The molecule has 27 heavy (non-hydrogen) atoms. The third kappa shape index (κ3) is 2.72. The lowest BCUT2D eigenvalue weighted by atomic mass is 9.79. The van der Waals surface area contributed by atoms with Gasteiger partial charge in [0, 0.05) is 34.0 Å². The molecule has 2 heterocycles. The average Bonchev–Trinajstić information content (AvgIpc) is 2.92. The molecular formula is C15H20N4O8. The van der Waals surface area contributed by atoms with Crippen molar-refractivity contribution in [1.82, 2.24) is 18.7 Å². The number of fused-ring (bicyclic) bond motifs is 1. The SMILES string of the molecule is Cn1c(=O)c2c(nc(OC3(C(=O)O)C[C@@H](O)C(O)[C@H](O)C3)n2C)n(C)c1=O. The van der Waals surface area contributed by atoms with Crippen LogP contribution in [-0.2, 0) is 25.9 Å². The summed E-state index contributed by atoms with van der Waals surface area (Å²) in [7, 11) is 4.11. The van der Waals surface area contributed by atoms with E-state index in [0.29, 0.717) is 0 Å². The van der Waals surface area contributed by atoms with E-state index in [0.717, 1.165) is 9.13 Å². The van der Waals surface area contributed by atoms with E-state index in [2.05, 4.69) is 4.98 Å². The Hall–Kier alpha value is -2.70. The minimum absolute atomic E-state index is 0.00178. The first-order chi connectivity index (χ1) is 12.5. The molecule has 0 aromatic carbocycles. The summed E-state index contributed by atoms with van der Waals surface area (Å²) in [5.74, 6) is -1.47. The Balaban J connectivity index is 2.15. The second-order valence-electron chi connectivity index (χ2n) is 6.77. The zero-order chi connectivity index (χ0) is 20.3. The van der Waals surface area contributed by atoms with Crippen LogP contribution in [0.5, 0.6) is 6.01 Å². The highest BCUT2D eigenvalue weighted by atomic mass is 16.5. The number of ether oxygens (including phenoxy) is 1. The predicted molar refractivity (Wildman–Crippen MR) is 89.4 cm³/mol.